The highest BCUT2D eigenvalue weighted by atomic mass is 79.9. The molecule has 0 N–H and O–H groups in total. The van der Waals surface area contributed by atoms with Crippen LogP contribution in [0, 0.1) is 13.8 Å². The van der Waals surface area contributed by atoms with Crippen molar-refractivity contribution in [2.45, 2.75) is 13.8 Å². The molecule has 0 spiro atoms. The van der Waals surface area contributed by atoms with Crippen LogP contribution in [0.3, 0.4) is 0 Å². The van der Waals surface area contributed by atoms with Gasteiger partial charge < -0.3 is 4.57 Å². The van der Waals surface area contributed by atoms with Crippen LogP contribution < -0.4 is 0 Å². The fourth-order valence-electron chi connectivity index (χ4n) is 1.48. The van der Waals surface area contributed by atoms with E-state index < -0.39 is 0 Å². The Kier molecular flexibility index (Phi) is 1.87. The lowest BCUT2D eigenvalue weighted by Crippen LogP contribution is -1.93. The van der Waals surface area contributed by atoms with Crippen molar-refractivity contribution in [1.82, 2.24) is 14.5 Å². The molecule has 3 nitrogen and oxygen atoms in total. The lowest BCUT2D eigenvalue weighted by Gasteiger charge is -2.03. The average molecular weight is 240 g/mol. The highest BCUT2D eigenvalue weighted by Gasteiger charge is 2.10. The summed E-state index contributed by atoms with van der Waals surface area (Å²) in [6.07, 6.45) is 1.81. The van der Waals surface area contributed by atoms with E-state index in [1.807, 2.05) is 31.8 Å². The van der Waals surface area contributed by atoms with Gasteiger partial charge in [0.25, 0.3) is 0 Å². The van der Waals surface area contributed by atoms with E-state index in [-0.39, 0.29) is 0 Å². The van der Waals surface area contributed by atoms with Gasteiger partial charge in [0.2, 0.25) is 0 Å². The average Bonchev–Trinajstić information content (AvgIpc) is 2.44. The molecule has 0 aromatic carbocycles. The molecule has 0 aliphatic heterocycles. The first-order valence-corrected chi connectivity index (χ1v) is 4.84. The molecule has 0 amide bonds. The molecule has 2 heterocycles. The SMILES string of the molecule is Cc1nc(C)c2ncn(C)c2c1Br. The Hall–Kier alpha value is -0.900. The van der Waals surface area contributed by atoms with Crippen molar-refractivity contribution >= 4 is 27.0 Å². The number of hydrogen-bond acceptors (Lipinski definition) is 2. The highest BCUT2D eigenvalue weighted by Crippen LogP contribution is 2.26. The van der Waals surface area contributed by atoms with Gasteiger partial charge in [-0.1, -0.05) is 0 Å². The molecule has 2 aromatic rings. The van der Waals surface area contributed by atoms with E-state index in [9.17, 15) is 0 Å². The van der Waals surface area contributed by atoms with Crippen LogP contribution in [0.1, 0.15) is 11.4 Å². The van der Waals surface area contributed by atoms with Gasteiger partial charge in [0.15, 0.2) is 0 Å². The Morgan fingerprint density at radius 1 is 1.31 bits per heavy atom. The molecule has 2 aromatic heterocycles. The standard InChI is InChI=1S/C9H10BrN3/c1-5-7(10)9-8(6(2)12-5)11-4-13(9)3/h4H,1-3H3. The number of imidazole rings is 1. The number of nitrogens with zero attached hydrogens (tertiary/aromatic N) is 3. The number of fused-ring (bicyclic) bond motifs is 1. The maximum Gasteiger partial charge on any atom is 0.111 e. The predicted octanol–water partition coefficient (Wildman–Crippen LogP) is 2.35. The van der Waals surface area contributed by atoms with Gasteiger partial charge in [0.05, 0.1) is 27.7 Å². The Balaban J connectivity index is 3.00. The van der Waals surface area contributed by atoms with Gasteiger partial charge in [0, 0.05) is 7.05 Å². The van der Waals surface area contributed by atoms with Gasteiger partial charge in [-0.25, -0.2) is 4.98 Å². The van der Waals surface area contributed by atoms with Crippen LogP contribution in [0.15, 0.2) is 10.8 Å². The number of aromatic nitrogens is 3. The van der Waals surface area contributed by atoms with E-state index in [4.69, 9.17) is 0 Å². The first kappa shape index (κ1) is 8.69. The van der Waals surface area contributed by atoms with E-state index in [0.717, 1.165) is 26.9 Å². The van der Waals surface area contributed by atoms with E-state index in [1.165, 1.54) is 0 Å². The minimum atomic E-state index is 0.972. The molecule has 0 unspecified atom stereocenters. The molecule has 0 atom stereocenters. The number of aryl methyl sites for hydroxylation is 3. The summed E-state index contributed by atoms with van der Waals surface area (Å²) in [7, 11) is 1.99. The molecular weight excluding hydrogens is 230 g/mol. The summed E-state index contributed by atoms with van der Waals surface area (Å²) >= 11 is 3.52. The second kappa shape index (κ2) is 2.80. The summed E-state index contributed by atoms with van der Waals surface area (Å²) in [6, 6.07) is 0. The molecule has 2 rings (SSSR count). The Morgan fingerprint density at radius 2 is 2.00 bits per heavy atom. The predicted molar refractivity (Wildman–Crippen MR) is 55.7 cm³/mol. The molecular formula is C9H10BrN3. The van der Waals surface area contributed by atoms with Crippen LogP contribution in [-0.4, -0.2) is 14.5 Å². The molecule has 0 aliphatic rings. The van der Waals surface area contributed by atoms with Gasteiger partial charge in [-0.05, 0) is 29.8 Å². The zero-order chi connectivity index (χ0) is 9.59. The quantitative estimate of drug-likeness (QED) is 0.707. The molecule has 0 bridgehead atoms. The van der Waals surface area contributed by atoms with E-state index in [1.54, 1.807) is 0 Å². The second-order valence-corrected chi connectivity index (χ2v) is 3.94. The summed E-state index contributed by atoms with van der Waals surface area (Å²) in [5.41, 5.74) is 4.08. The van der Waals surface area contributed by atoms with Crippen molar-refractivity contribution in [3.05, 3.63) is 22.2 Å². The van der Waals surface area contributed by atoms with Crippen LogP contribution in [-0.2, 0) is 7.05 Å². The fraction of sp³-hybridized carbons (Fsp3) is 0.333. The number of hydrogen-bond donors (Lipinski definition) is 0. The monoisotopic (exact) mass is 239 g/mol. The molecule has 4 heteroatoms. The van der Waals surface area contributed by atoms with Crippen LogP contribution in [0.5, 0.6) is 0 Å². The van der Waals surface area contributed by atoms with Crippen molar-refractivity contribution in [2.24, 2.45) is 7.05 Å². The second-order valence-electron chi connectivity index (χ2n) is 3.15. The number of rotatable bonds is 0. The van der Waals surface area contributed by atoms with Crippen LogP contribution in [0.2, 0.25) is 0 Å². The summed E-state index contributed by atoms with van der Waals surface area (Å²) in [5.74, 6) is 0. The largest absolute Gasteiger partial charge is 0.333 e. The van der Waals surface area contributed by atoms with Crippen LogP contribution in [0.4, 0.5) is 0 Å². The molecule has 13 heavy (non-hydrogen) atoms. The topological polar surface area (TPSA) is 30.7 Å². The molecule has 0 fully saturated rings. The first-order valence-electron chi connectivity index (χ1n) is 4.05. The van der Waals surface area contributed by atoms with Gasteiger partial charge in [-0.2, -0.15) is 0 Å². The lowest BCUT2D eigenvalue weighted by molar-refractivity contribution is 0.943. The van der Waals surface area contributed by atoms with Crippen molar-refractivity contribution in [1.29, 1.82) is 0 Å². The van der Waals surface area contributed by atoms with Crippen molar-refractivity contribution < 1.29 is 0 Å². The minimum absolute atomic E-state index is 0.972. The lowest BCUT2D eigenvalue weighted by atomic mass is 10.3. The van der Waals surface area contributed by atoms with E-state index in [2.05, 4.69) is 25.9 Å². The van der Waals surface area contributed by atoms with Crippen LogP contribution in [0.25, 0.3) is 11.0 Å². The summed E-state index contributed by atoms with van der Waals surface area (Å²) in [6.45, 7) is 3.97. The smallest absolute Gasteiger partial charge is 0.111 e. The molecule has 0 saturated carbocycles. The third kappa shape index (κ3) is 1.16. The number of halogens is 1. The third-order valence-electron chi connectivity index (χ3n) is 2.14. The van der Waals surface area contributed by atoms with Gasteiger partial charge in [-0.3, -0.25) is 4.98 Å². The molecule has 68 valence electrons. The molecule has 0 radical (unpaired) electrons. The third-order valence-corrected chi connectivity index (χ3v) is 3.09. The Bertz CT molecular complexity index is 473. The maximum absolute atomic E-state index is 4.39. The normalized spacial score (nSPS) is 11.1. The highest BCUT2D eigenvalue weighted by molar-refractivity contribution is 9.10. The van der Waals surface area contributed by atoms with Gasteiger partial charge in [0.1, 0.15) is 5.52 Å². The van der Waals surface area contributed by atoms with Gasteiger partial charge >= 0.3 is 0 Å². The van der Waals surface area contributed by atoms with Crippen molar-refractivity contribution in [2.75, 3.05) is 0 Å². The summed E-state index contributed by atoms with van der Waals surface area (Å²) < 4.78 is 3.04. The van der Waals surface area contributed by atoms with E-state index >= 15 is 0 Å². The van der Waals surface area contributed by atoms with Crippen molar-refractivity contribution in [3.63, 3.8) is 0 Å². The summed E-state index contributed by atoms with van der Waals surface area (Å²) in [5, 5.41) is 0. The summed E-state index contributed by atoms with van der Waals surface area (Å²) in [4.78, 5) is 8.68. The van der Waals surface area contributed by atoms with Crippen LogP contribution >= 0.6 is 15.9 Å². The first-order chi connectivity index (χ1) is 6.11. The van der Waals surface area contributed by atoms with Crippen molar-refractivity contribution in [3.8, 4) is 0 Å². The zero-order valence-electron chi connectivity index (χ0n) is 7.80. The Labute approximate surface area is 84.9 Å². The molecule has 0 saturated heterocycles. The Morgan fingerprint density at radius 3 is 2.69 bits per heavy atom. The zero-order valence-corrected chi connectivity index (χ0v) is 9.38. The van der Waals surface area contributed by atoms with E-state index in [0.29, 0.717) is 0 Å². The maximum atomic E-state index is 4.39. The fourth-order valence-corrected chi connectivity index (χ4v) is 2.03. The minimum Gasteiger partial charge on any atom is -0.333 e. The number of pyridine rings is 1. The van der Waals surface area contributed by atoms with Gasteiger partial charge in [-0.15, -0.1) is 0 Å². The molecule has 0 aliphatic carbocycles.